The highest BCUT2D eigenvalue weighted by atomic mass is 16.6. The second kappa shape index (κ2) is 16.2. The number of benzene rings is 3. The van der Waals surface area contributed by atoms with E-state index in [1.807, 2.05) is 68.1 Å². The van der Waals surface area contributed by atoms with Gasteiger partial charge in [-0.15, -0.1) is 0 Å². The van der Waals surface area contributed by atoms with Crippen LogP contribution in [0.1, 0.15) is 63.1 Å². The summed E-state index contributed by atoms with van der Waals surface area (Å²) in [5.74, 6) is 2.01. The van der Waals surface area contributed by atoms with Gasteiger partial charge in [0.05, 0.1) is 20.8 Å². The predicted molar refractivity (Wildman–Crippen MR) is 202 cm³/mol. The Bertz CT molecular complexity index is 1900. The van der Waals surface area contributed by atoms with Gasteiger partial charge in [-0.05, 0) is 99.0 Å². The molecule has 276 valence electrons. The van der Waals surface area contributed by atoms with E-state index in [2.05, 4.69) is 35.0 Å². The zero-order valence-corrected chi connectivity index (χ0v) is 31.3. The third-order valence-electron chi connectivity index (χ3n) is 9.46. The van der Waals surface area contributed by atoms with Crippen LogP contribution < -0.4 is 14.2 Å². The van der Waals surface area contributed by atoms with Gasteiger partial charge in [0.15, 0.2) is 0 Å². The molecule has 0 spiro atoms. The van der Waals surface area contributed by atoms with Gasteiger partial charge >= 0.3 is 6.09 Å². The Hall–Kier alpha value is -4.96. The summed E-state index contributed by atoms with van der Waals surface area (Å²) in [7, 11) is 4.97. The molecule has 1 aliphatic heterocycles. The minimum atomic E-state index is -0.652. The van der Waals surface area contributed by atoms with Crippen LogP contribution >= 0.6 is 0 Å². The monoisotopic (exact) mass is 709 g/mol. The van der Waals surface area contributed by atoms with Crippen molar-refractivity contribution in [2.24, 2.45) is 0 Å². The number of rotatable bonds is 14. The number of carbonyl (C=O) groups excluding carboxylic acids is 2. The fraction of sp³-hybridized carbons (Fsp3) is 0.429. The van der Waals surface area contributed by atoms with Gasteiger partial charge in [0.25, 0.3) is 5.91 Å². The summed E-state index contributed by atoms with van der Waals surface area (Å²) in [6, 6.07) is 22.0. The molecule has 0 unspecified atom stereocenters. The summed E-state index contributed by atoms with van der Waals surface area (Å²) in [5, 5.41) is 1.14. The molecular formula is C42H51N3O7. The summed E-state index contributed by atoms with van der Waals surface area (Å²) in [6.07, 6.45) is 5.08. The van der Waals surface area contributed by atoms with E-state index in [1.165, 1.54) is 0 Å². The van der Waals surface area contributed by atoms with Crippen LogP contribution in [0.5, 0.6) is 17.2 Å². The molecule has 6 rings (SSSR count). The number of amides is 2. The number of hydrogen-bond donors (Lipinski definition) is 0. The number of methoxy groups -OCH3 is 3. The lowest BCUT2D eigenvalue weighted by Gasteiger charge is -2.34. The van der Waals surface area contributed by atoms with Crippen LogP contribution in [0.25, 0.3) is 16.5 Å². The first-order valence-corrected chi connectivity index (χ1v) is 18.1. The largest absolute Gasteiger partial charge is 0.497 e. The Labute approximate surface area is 306 Å². The summed E-state index contributed by atoms with van der Waals surface area (Å²) < 4.78 is 30.5. The predicted octanol–water partition coefficient (Wildman–Crippen LogP) is 7.86. The Balaban J connectivity index is 1.32. The average molecular weight is 710 g/mol. The molecule has 1 aromatic heterocycles. The number of ether oxygens (including phenoxy) is 5. The summed E-state index contributed by atoms with van der Waals surface area (Å²) in [6.45, 7) is 8.48. The maximum absolute atomic E-state index is 14.9. The Morgan fingerprint density at radius 2 is 1.65 bits per heavy atom. The highest BCUT2D eigenvalue weighted by molar-refractivity contribution is 6.03. The van der Waals surface area contributed by atoms with Crippen molar-refractivity contribution in [2.45, 2.75) is 77.8 Å². The topological polar surface area (TPSA) is 91.7 Å². The molecule has 2 aliphatic rings. The normalized spacial score (nSPS) is 14.8. The number of nitrogens with zero attached hydrogens (tertiary/aromatic N) is 3. The van der Waals surface area contributed by atoms with E-state index in [4.69, 9.17) is 23.7 Å². The zero-order valence-electron chi connectivity index (χ0n) is 31.3. The van der Waals surface area contributed by atoms with Gasteiger partial charge in [-0.3, -0.25) is 4.79 Å². The highest BCUT2D eigenvalue weighted by Crippen LogP contribution is 2.37. The third-order valence-corrected chi connectivity index (χ3v) is 9.46. The second-order valence-electron chi connectivity index (χ2n) is 14.5. The lowest BCUT2D eigenvalue weighted by molar-refractivity contribution is -0.128. The second-order valence-corrected chi connectivity index (χ2v) is 14.5. The van der Waals surface area contributed by atoms with Crippen molar-refractivity contribution < 1.29 is 33.3 Å². The lowest BCUT2D eigenvalue weighted by atomic mass is 9.92. The molecule has 1 saturated carbocycles. The molecule has 10 nitrogen and oxygen atoms in total. The van der Waals surface area contributed by atoms with Gasteiger partial charge in [0.2, 0.25) is 0 Å². The number of hydrogen-bond acceptors (Lipinski definition) is 7. The molecule has 1 fully saturated rings. The molecule has 2 heterocycles. The van der Waals surface area contributed by atoms with E-state index >= 15 is 0 Å². The van der Waals surface area contributed by atoms with Gasteiger partial charge in [-0.1, -0.05) is 30.3 Å². The molecule has 0 radical (unpaired) electrons. The highest BCUT2D eigenvalue weighted by Gasteiger charge is 2.38. The first-order valence-electron chi connectivity index (χ1n) is 18.1. The number of para-hydroxylation sites is 1. The molecule has 3 aromatic carbocycles. The maximum atomic E-state index is 14.9. The van der Waals surface area contributed by atoms with Crippen LogP contribution in [0.4, 0.5) is 4.79 Å². The number of fused-ring (bicyclic) bond motifs is 1. The molecule has 1 aliphatic carbocycles. The minimum Gasteiger partial charge on any atom is -0.497 e. The summed E-state index contributed by atoms with van der Waals surface area (Å²) >= 11 is 0. The molecule has 0 N–H and O–H groups in total. The van der Waals surface area contributed by atoms with E-state index < -0.39 is 11.7 Å². The molecule has 0 saturated heterocycles. The standard InChI is InChI=1S/C42H51N3O7/c1-42(2,3)52-41(47)44-19-17-36(30-11-9-12-33(23-30)51-28-29-21-34(49-5)24-35(22-29)50-6)38(27-44)40(46)45(32-15-16-32)26-31-25-43(18-10-20-48-4)39-14-8-7-13-37(31)39/h7-9,11-14,21-25,32H,10,15-20,26-28H2,1-6H3. The van der Waals surface area contributed by atoms with Crippen molar-refractivity contribution >= 4 is 28.5 Å². The SMILES string of the molecule is COCCCn1cc(CN(C(=O)C2=C(c3cccc(OCc4cc(OC)cc(OC)c4)c3)CCN(C(=O)OC(C)(C)C)C2)C2CC2)c2ccccc21. The van der Waals surface area contributed by atoms with Crippen molar-refractivity contribution in [1.82, 2.24) is 14.4 Å². The van der Waals surface area contributed by atoms with Crippen LogP contribution in [-0.4, -0.2) is 79.0 Å². The van der Waals surface area contributed by atoms with Gasteiger partial charge in [0.1, 0.15) is 29.5 Å². The summed E-state index contributed by atoms with van der Waals surface area (Å²) in [5.41, 5.74) is 4.95. The first-order chi connectivity index (χ1) is 25.1. The van der Waals surface area contributed by atoms with E-state index in [0.29, 0.717) is 55.5 Å². The van der Waals surface area contributed by atoms with E-state index in [1.54, 1.807) is 26.2 Å². The molecule has 0 bridgehead atoms. The van der Waals surface area contributed by atoms with Crippen LogP contribution in [0.2, 0.25) is 0 Å². The fourth-order valence-corrected chi connectivity index (χ4v) is 6.77. The molecule has 2 amide bonds. The number of carbonyl (C=O) groups is 2. The van der Waals surface area contributed by atoms with E-state index in [9.17, 15) is 9.59 Å². The maximum Gasteiger partial charge on any atom is 0.410 e. The third kappa shape index (κ3) is 8.91. The fourth-order valence-electron chi connectivity index (χ4n) is 6.77. The number of aromatic nitrogens is 1. The van der Waals surface area contributed by atoms with E-state index in [0.717, 1.165) is 59.0 Å². The van der Waals surface area contributed by atoms with Crippen LogP contribution in [0, 0.1) is 0 Å². The van der Waals surface area contributed by atoms with E-state index in [-0.39, 0.29) is 18.5 Å². The van der Waals surface area contributed by atoms with Crippen LogP contribution in [-0.2, 0) is 34.0 Å². The lowest BCUT2D eigenvalue weighted by Crippen LogP contribution is -2.44. The Morgan fingerprint density at radius 1 is 0.904 bits per heavy atom. The molecule has 4 aromatic rings. The number of aryl methyl sites for hydroxylation is 1. The van der Waals surface area contributed by atoms with Crippen molar-refractivity contribution in [1.29, 1.82) is 0 Å². The van der Waals surface area contributed by atoms with Crippen LogP contribution in [0.15, 0.2) is 78.5 Å². The van der Waals surface area contributed by atoms with Crippen molar-refractivity contribution in [3.05, 3.63) is 95.2 Å². The van der Waals surface area contributed by atoms with Gasteiger partial charge in [0, 0.05) is 68.1 Å². The molecule has 10 heteroatoms. The Morgan fingerprint density at radius 3 is 2.35 bits per heavy atom. The molecule has 52 heavy (non-hydrogen) atoms. The Kier molecular flexibility index (Phi) is 11.4. The minimum absolute atomic E-state index is 0.0447. The summed E-state index contributed by atoms with van der Waals surface area (Å²) in [4.78, 5) is 31.9. The quantitative estimate of drug-likeness (QED) is 0.123. The van der Waals surface area contributed by atoms with Crippen molar-refractivity contribution in [3.63, 3.8) is 0 Å². The molecule has 0 atom stereocenters. The van der Waals surface area contributed by atoms with Crippen molar-refractivity contribution in [3.8, 4) is 17.2 Å². The smallest absolute Gasteiger partial charge is 0.410 e. The van der Waals surface area contributed by atoms with Gasteiger partial charge in [-0.2, -0.15) is 0 Å². The average Bonchev–Trinajstić information content (AvgIpc) is 3.93. The zero-order chi connectivity index (χ0) is 36.8. The van der Waals surface area contributed by atoms with Gasteiger partial charge < -0.3 is 38.1 Å². The van der Waals surface area contributed by atoms with Crippen LogP contribution in [0.3, 0.4) is 0 Å². The molecular weight excluding hydrogens is 658 g/mol. The first kappa shape index (κ1) is 36.8. The van der Waals surface area contributed by atoms with Crippen molar-refractivity contribution in [2.75, 3.05) is 41.0 Å². The van der Waals surface area contributed by atoms with Gasteiger partial charge in [-0.25, -0.2) is 4.79 Å².